The van der Waals surface area contributed by atoms with Gasteiger partial charge < -0.3 is 10.0 Å². The predicted octanol–water partition coefficient (Wildman–Crippen LogP) is 2.25. The van der Waals surface area contributed by atoms with Crippen molar-refractivity contribution in [3.8, 4) is 0 Å². The number of benzene rings is 1. The molecule has 7 heteroatoms. The van der Waals surface area contributed by atoms with Crippen LogP contribution in [0.5, 0.6) is 0 Å². The molecule has 0 spiro atoms. The van der Waals surface area contributed by atoms with Crippen molar-refractivity contribution in [2.45, 2.75) is 26.2 Å². The van der Waals surface area contributed by atoms with Crippen LogP contribution >= 0.6 is 0 Å². The van der Waals surface area contributed by atoms with Crippen molar-refractivity contribution in [2.75, 3.05) is 13.1 Å². The number of ketones is 1. The molecular formula is C16H17F2NO4. The van der Waals surface area contributed by atoms with Crippen molar-refractivity contribution in [1.82, 2.24) is 4.90 Å². The smallest absolute Gasteiger partial charge is 0.311 e. The van der Waals surface area contributed by atoms with Crippen LogP contribution in [0, 0.1) is 17.0 Å². The number of carboxylic acid groups (broad SMARTS) is 1. The molecule has 1 atom stereocenters. The lowest BCUT2D eigenvalue weighted by Gasteiger charge is -2.20. The number of carbonyl (C=O) groups excluding carboxylic acids is 2. The number of Topliss-reactive ketones (excluding diaryl/α,β-unsaturated/α-hetero) is 1. The minimum atomic E-state index is -1.11. The second-order valence-electron chi connectivity index (χ2n) is 5.98. The molecule has 0 aliphatic carbocycles. The number of carbonyl (C=O) groups is 3. The molecule has 1 aliphatic rings. The van der Waals surface area contributed by atoms with E-state index < -0.39 is 28.8 Å². The van der Waals surface area contributed by atoms with Gasteiger partial charge in [0, 0.05) is 31.5 Å². The fourth-order valence-corrected chi connectivity index (χ4v) is 2.54. The highest BCUT2D eigenvalue weighted by molar-refractivity contribution is 5.98. The van der Waals surface area contributed by atoms with E-state index in [4.69, 9.17) is 5.11 Å². The van der Waals surface area contributed by atoms with Gasteiger partial charge in [-0.25, -0.2) is 8.78 Å². The van der Waals surface area contributed by atoms with Crippen molar-refractivity contribution in [1.29, 1.82) is 0 Å². The Morgan fingerprint density at radius 3 is 2.48 bits per heavy atom. The fraction of sp³-hybridized carbons (Fsp3) is 0.438. The van der Waals surface area contributed by atoms with Crippen LogP contribution in [-0.2, 0) is 9.59 Å². The molecule has 1 unspecified atom stereocenters. The number of amides is 1. The molecule has 0 aromatic heterocycles. The molecule has 23 heavy (non-hydrogen) atoms. The van der Waals surface area contributed by atoms with Crippen LogP contribution < -0.4 is 0 Å². The summed E-state index contributed by atoms with van der Waals surface area (Å²) in [5.74, 6) is -3.88. The Hall–Kier alpha value is -2.31. The first-order chi connectivity index (χ1) is 10.7. The maximum absolute atomic E-state index is 13.1. The minimum absolute atomic E-state index is 0.00787. The van der Waals surface area contributed by atoms with E-state index >= 15 is 0 Å². The molecule has 1 aliphatic heterocycles. The van der Waals surface area contributed by atoms with E-state index in [2.05, 4.69) is 0 Å². The maximum atomic E-state index is 13.1. The van der Waals surface area contributed by atoms with Gasteiger partial charge in [0.25, 0.3) is 0 Å². The van der Waals surface area contributed by atoms with E-state index in [9.17, 15) is 23.2 Å². The molecule has 1 amide bonds. The van der Waals surface area contributed by atoms with Gasteiger partial charge in [0.15, 0.2) is 17.4 Å². The van der Waals surface area contributed by atoms with Crippen LogP contribution in [0.2, 0.25) is 0 Å². The van der Waals surface area contributed by atoms with Gasteiger partial charge in [-0.05, 0) is 31.5 Å². The summed E-state index contributed by atoms with van der Waals surface area (Å²) in [6, 6.07) is 2.84. The number of halogens is 2. The summed E-state index contributed by atoms with van der Waals surface area (Å²) in [5, 5.41) is 9.13. The molecule has 0 radical (unpaired) electrons. The third kappa shape index (κ3) is 3.72. The summed E-state index contributed by atoms with van der Waals surface area (Å²) in [6.07, 6.45) is 0.142. The highest BCUT2D eigenvalue weighted by Gasteiger charge is 2.41. The number of rotatable bonds is 5. The zero-order valence-corrected chi connectivity index (χ0v) is 12.6. The van der Waals surface area contributed by atoms with Gasteiger partial charge in [-0.15, -0.1) is 0 Å². The van der Waals surface area contributed by atoms with E-state index in [1.165, 1.54) is 11.0 Å². The third-order valence-corrected chi connectivity index (χ3v) is 4.15. The number of aliphatic carboxylic acids is 1. The normalized spacial score (nSPS) is 20.6. The van der Waals surface area contributed by atoms with Gasteiger partial charge >= 0.3 is 5.97 Å². The van der Waals surface area contributed by atoms with Gasteiger partial charge in [-0.3, -0.25) is 14.4 Å². The Morgan fingerprint density at radius 1 is 1.22 bits per heavy atom. The molecule has 124 valence electrons. The Kier molecular flexibility index (Phi) is 4.77. The van der Waals surface area contributed by atoms with Crippen LogP contribution in [0.25, 0.3) is 0 Å². The maximum Gasteiger partial charge on any atom is 0.311 e. The Morgan fingerprint density at radius 2 is 1.91 bits per heavy atom. The lowest BCUT2D eigenvalue weighted by Crippen LogP contribution is -2.34. The van der Waals surface area contributed by atoms with E-state index in [0.29, 0.717) is 13.0 Å². The number of nitrogens with zero attached hydrogens (tertiary/aromatic N) is 1. The fourth-order valence-electron chi connectivity index (χ4n) is 2.54. The molecule has 1 heterocycles. The number of carboxylic acids is 1. The largest absolute Gasteiger partial charge is 0.481 e. The molecule has 2 rings (SSSR count). The SMILES string of the molecule is CC1(C(=O)O)CCN(C(=O)CCC(=O)c2ccc(F)c(F)c2)C1. The van der Waals surface area contributed by atoms with Gasteiger partial charge in [-0.2, -0.15) is 0 Å². The van der Waals surface area contributed by atoms with Crippen molar-refractivity contribution in [2.24, 2.45) is 5.41 Å². The average Bonchev–Trinajstić information content (AvgIpc) is 2.91. The van der Waals surface area contributed by atoms with Gasteiger partial charge in [0.2, 0.25) is 5.91 Å². The summed E-state index contributed by atoms with van der Waals surface area (Å²) in [6.45, 7) is 2.02. The second kappa shape index (κ2) is 6.44. The Labute approximate surface area is 131 Å². The molecule has 1 aromatic carbocycles. The first kappa shape index (κ1) is 17.1. The summed E-state index contributed by atoms with van der Waals surface area (Å²) < 4.78 is 25.9. The summed E-state index contributed by atoms with van der Waals surface area (Å²) >= 11 is 0. The monoisotopic (exact) mass is 325 g/mol. The average molecular weight is 325 g/mol. The van der Waals surface area contributed by atoms with Crippen LogP contribution in [-0.4, -0.2) is 40.8 Å². The Bertz CT molecular complexity index is 661. The van der Waals surface area contributed by atoms with Crippen molar-refractivity contribution in [3.05, 3.63) is 35.4 Å². The van der Waals surface area contributed by atoms with Crippen molar-refractivity contribution >= 4 is 17.7 Å². The van der Waals surface area contributed by atoms with E-state index in [1.54, 1.807) is 6.92 Å². The minimum Gasteiger partial charge on any atom is -0.481 e. The molecule has 1 fully saturated rings. The van der Waals surface area contributed by atoms with Gasteiger partial charge in [0.05, 0.1) is 5.41 Å². The highest BCUT2D eigenvalue weighted by Crippen LogP contribution is 2.30. The van der Waals surface area contributed by atoms with Crippen LogP contribution in [0.1, 0.15) is 36.5 Å². The molecule has 0 bridgehead atoms. The topological polar surface area (TPSA) is 74.7 Å². The molecule has 0 saturated carbocycles. The van der Waals surface area contributed by atoms with E-state index in [-0.39, 0.29) is 30.9 Å². The highest BCUT2D eigenvalue weighted by atomic mass is 19.2. The molecule has 5 nitrogen and oxygen atoms in total. The molecule has 1 saturated heterocycles. The summed E-state index contributed by atoms with van der Waals surface area (Å²) in [5.41, 5.74) is -0.951. The lowest BCUT2D eigenvalue weighted by molar-refractivity contribution is -0.147. The van der Waals surface area contributed by atoms with Crippen LogP contribution in [0.15, 0.2) is 18.2 Å². The van der Waals surface area contributed by atoms with Crippen LogP contribution in [0.4, 0.5) is 8.78 Å². The first-order valence-electron chi connectivity index (χ1n) is 7.22. The first-order valence-corrected chi connectivity index (χ1v) is 7.22. The lowest BCUT2D eigenvalue weighted by atomic mass is 9.90. The third-order valence-electron chi connectivity index (χ3n) is 4.15. The van der Waals surface area contributed by atoms with E-state index in [0.717, 1.165) is 12.1 Å². The molecule has 1 aromatic rings. The summed E-state index contributed by atoms with van der Waals surface area (Å²) in [4.78, 5) is 36.5. The number of hydrogen-bond acceptors (Lipinski definition) is 3. The zero-order valence-electron chi connectivity index (χ0n) is 12.6. The zero-order chi connectivity index (χ0) is 17.2. The standard InChI is InChI=1S/C16H17F2NO4/c1-16(15(22)23)6-7-19(9-16)14(21)5-4-13(20)10-2-3-11(17)12(18)8-10/h2-3,8H,4-7,9H2,1H3,(H,22,23). The summed E-state index contributed by atoms with van der Waals surface area (Å²) in [7, 11) is 0. The Balaban J connectivity index is 1.91. The van der Waals surface area contributed by atoms with Crippen molar-refractivity contribution < 1.29 is 28.3 Å². The number of likely N-dealkylation sites (tertiary alicyclic amines) is 1. The van der Waals surface area contributed by atoms with Crippen LogP contribution in [0.3, 0.4) is 0 Å². The predicted molar refractivity (Wildman–Crippen MR) is 76.9 cm³/mol. The molecular weight excluding hydrogens is 308 g/mol. The van der Waals surface area contributed by atoms with Gasteiger partial charge in [-0.1, -0.05) is 0 Å². The van der Waals surface area contributed by atoms with E-state index in [1.807, 2.05) is 0 Å². The molecule has 1 N–H and O–H groups in total. The second-order valence-corrected chi connectivity index (χ2v) is 5.98. The van der Waals surface area contributed by atoms with Gasteiger partial charge in [0.1, 0.15) is 0 Å². The quantitative estimate of drug-likeness (QED) is 0.843. The number of hydrogen-bond donors (Lipinski definition) is 1. The van der Waals surface area contributed by atoms with Crippen molar-refractivity contribution in [3.63, 3.8) is 0 Å².